The normalized spacial score (nSPS) is 13.9. The molecule has 0 aromatic carbocycles. The smallest absolute Gasteiger partial charge is 0.151 e. The molecule has 0 spiro atoms. The van der Waals surface area contributed by atoms with Crippen LogP contribution in [0.2, 0.25) is 0 Å². The number of hydrogen-bond acceptors (Lipinski definition) is 2. The lowest BCUT2D eigenvalue weighted by atomic mass is 9.99. The van der Waals surface area contributed by atoms with E-state index in [1.807, 2.05) is 0 Å². The van der Waals surface area contributed by atoms with Crippen LogP contribution in [-0.2, 0) is 0 Å². The highest BCUT2D eigenvalue weighted by Crippen LogP contribution is 2.14. The maximum absolute atomic E-state index is 8.58. The van der Waals surface area contributed by atoms with E-state index in [1.165, 1.54) is 19.3 Å². The number of rotatable bonds is 6. The van der Waals surface area contributed by atoms with Gasteiger partial charge in [0.1, 0.15) is 0 Å². The van der Waals surface area contributed by atoms with Crippen LogP contribution in [0.3, 0.4) is 0 Å². The Kier molecular flexibility index (Phi) is 6.57. The van der Waals surface area contributed by atoms with Crippen LogP contribution in [0.4, 0.5) is 0 Å². The Labute approximate surface area is 69.2 Å². The first-order valence-corrected chi connectivity index (χ1v) is 4.53. The fourth-order valence-corrected chi connectivity index (χ4v) is 1.13. The molecule has 0 aliphatic heterocycles. The molecule has 0 aromatic heterocycles. The van der Waals surface area contributed by atoms with E-state index in [-0.39, 0.29) is 0 Å². The van der Waals surface area contributed by atoms with Crippen molar-refractivity contribution in [2.24, 2.45) is 5.92 Å². The zero-order chi connectivity index (χ0) is 8.69. The Bertz CT molecular complexity index is 81.6. The first-order chi connectivity index (χ1) is 5.16. The molecule has 0 rings (SSSR count). The summed E-state index contributed by atoms with van der Waals surface area (Å²) in [5.74, 6) is 0.636. The molecule has 0 radical (unpaired) electrons. The molecule has 0 amide bonds. The second-order valence-electron chi connectivity index (χ2n) is 3.31. The van der Waals surface area contributed by atoms with E-state index >= 15 is 0 Å². The average Bonchev–Trinajstić information content (AvgIpc) is 1.97. The highest BCUT2D eigenvalue weighted by Gasteiger charge is 2.03. The second kappa shape index (κ2) is 6.62. The fraction of sp³-hybridized carbons (Fsp3) is 1.00. The van der Waals surface area contributed by atoms with Crippen LogP contribution in [0.1, 0.15) is 46.0 Å². The van der Waals surface area contributed by atoms with Crippen LogP contribution < -0.4 is 0 Å². The van der Waals surface area contributed by atoms with Gasteiger partial charge in [0, 0.05) is 0 Å². The van der Waals surface area contributed by atoms with Gasteiger partial charge < -0.3 is 10.2 Å². The molecule has 2 nitrogen and oxygen atoms in total. The van der Waals surface area contributed by atoms with Crippen molar-refractivity contribution in [3.8, 4) is 0 Å². The maximum atomic E-state index is 8.58. The minimum absolute atomic E-state index is 0.519. The van der Waals surface area contributed by atoms with Crippen molar-refractivity contribution < 1.29 is 10.2 Å². The summed E-state index contributed by atoms with van der Waals surface area (Å²) in [6.07, 6.45) is 4.03. The van der Waals surface area contributed by atoms with Crippen molar-refractivity contribution in [1.29, 1.82) is 0 Å². The van der Waals surface area contributed by atoms with Gasteiger partial charge in [0.2, 0.25) is 0 Å². The molecule has 0 saturated carbocycles. The Hall–Kier alpha value is -0.0800. The van der Waals surface area contributed by atoms with Crippen molar-refractivity contribution in [2.45, 2.75) is 52.2 Å². The lowest BCUT2D eigenvalue weighted by molar-refractivity contribution is -0.0487. The van der Waals surface area contributed by atoms with Crippen LogP contribution in [0, 0.1) is 5.92 Å². The molecule has 2 N–H and O–H groups in total. The average molecular weight is 160 g/mol. The Morgan fingerprint density at radius 1 is 1.09 bits per heavy atom. The Morgan fingerprint density at radius 3 is 2.18 bits per heavy atom. The number of aliphatic hydroxyl groups excluding tert-OH is 1. The van der Waals surface area contributed by atoms with Crippen LogP contribution in [0.25, 0.3) is 0 Å². The lowest BCUT2D eigenvalue weighted by Crippen LogP contribution is -2.06. The van der Waals surface area contributed by atoms with Crippen molar-refractivity contribution in [3.63, 3.8) is 0 Å². The third-order valence-electron chi connectivity index (χ3n) is 1.97. The summed E-state index contributed by atoms with van der Waals surface area (Å²) in [6, 6.07) is 0. The summed E-state index contributed by atoms with van der Waals surface area (Å²) in [7, 11) is 0. The largest absolute Gasteiger partial charge is 0.368 e. The maximum Gasteiger partial charge on any atom is 0.151 e. The highest BCUT2D eigenvalue weighted by atomic mass is 16.5. The Balaban J connectivity index is 3.15. The molecule has 0 bridgehead atoms. The molecular weight excluding hydrogens is 140 g/mol. The topological polar surface area (TPSA) is 40.5 Å². The van der Waals surface area contributed by atoms with Gasteiger partial charge in [-0.25, -0.2) is 0 Å². The summed E-state index contributed by atoms with van der Waals surface area (Å²) >= 11 is 0. The van der Waals surface area contributed by atoms with E-state index in [0.717, 1.165) is 6.42 Å². The molecule has 0 aliphatic carbocycles. The van der Waals surface area contributed by atoms with Gasteiger partial charge in [-0.15, -0.1) is 0 Å². The summed E-state index contributed by atoms with van der Waals surface area (Å²) in [4.78, 5) is 0. The van der Waals surface area contributed by atoms with Crippen molar-refractivity contribution in [2.75, 3.05) is 0 Å². The van der Waals surface area contributed by atoms with Crippen molar-refractivity contribution >= 4 is 0 Å². The van der Waals surface area contributed by atoms with E-state index in [9.17, 15) is 0 Å². The first kappa shape index (κ1) is 10.9. The van der Waals surface area contributed by atoms with Crippen molar-refractivity contribution in [3.05, 3.63) is 0 Å². The number of aliphatic hydroxyl groups is 2. The van der Waals surface area contributed by atoms with E-state index in [4.69, 9.17) is 10.2 Å². The summed E-state index contributed by atoms with van der Waals surface area (Å²) in [6.45, 7) is 4.34. The third kappa shape index (κ3) is 7.82. The van der Waals surface area contributed by atoms with Gasteiger partial charge in [0.15, 0.2) is 6.29 Å². The molecule has 2 heteroatoms. The SMILES string of the molecule is CCCCC(C)CCC(O)O. The summed E-state index contributed by atoms with van der Waals surface area (Å²) in [5, 5.41) is 17.2. The molecule has 1 unspecified atom stereocenters. The fourth-order valence-electron chi connectivity index (χ4n) is 1.13. The predicted molar refractivity (Wildman–Crippen MR) is 46.1 cm³/mol. The summed E-state index contributed by atoms with van der Waals surface area (Å²) < 4.78 is 0. The van der Waals surface area contributed by atoms with Gasteiger partial charge in [-0.05, 0) is 18.8 Å². The van der Waals surface area contributed by atoms with E-state index in [1.54, 1.807) is 0 Å². The van der Waals surface area contributed by atoms with E-state index < -0.39 is 6.29 Å². The molecule has 0 aromatic rings. The molecular formula is C9H20O2. The zero-order valence-corrected chi connectivity index (χ0v) is 7.58. The van der Waals surface area contributed by atoms with Crippen LogP contribution in [0.5, 0.6) is 0 Å². The van der Waals surface area contributed by atoms with Crippen LogP contribution in [-0.4, -0.2) is 16.5 Å². The number of unbranched alkanes of at least 4 members (excludes halogenated alkanes) is 1. The monoisotopic (exact) mass is 160 g/mol. The van der Waals surface area contributed by atoms with Gasteiger partial charge in [-0.1, -0.05) is 33.1 Å². The van der Waals surface area contributed by atoms with E-state index in [2.05, 4.69) is 13.8 Å². The lowest BCUT2D eigenvalue weighted by Gasteiger charge is -2.10. The predicted octanol–water partition coefficient (Wildman–Crippen LogP) is 1.90. The van der Waals surface area contributed by atoms with Gasteiger partial charge in [-0.3, -0.25) is 0 Å². The Morgan fingerprint density at radius 2 is 1.73 bits per heavy atom. The van der Waals surface area contributed by atoms with Crippen molar-refractivity contribution in [1.82, 2.24) is 0 Å². The molecule has 0 fully saturated rings. The standard InChI is InChI=1S/C9H20O2/c1-3-4-5-8(2)6-7-9(10)11/h8-11H,3-7H2,1-2H3. The number of hydrogen-bond donors (Lipinski definition) is 2. The first-order valence-electron chi connectivity index (χ1n) is 4.53. The van der Waals surface area contributed by atoms with Gasteiger partial charge >= 0.3 is 0 Å². The molecule has 0 heterocycles. The van der Waals surface area contributed by atoms with Gasteiger partial charge in [-0.2, -0.15) is 0 Å². The van der Waals surface area contributed by atoms with E-state index in [0.29, 0.717) is 12.3 Å². The molecule has 0 saturated heterocycles. The zero-order valence-electron chi connectivity index (χ0n) is 7.58. The second-order valence-corrected chi connectivity index (χ2v) is 3.31. The summed E-state index contributed by atoms with van der Waals surface area (Å²) in [5.41, 5.74) is 0. The van der Waals surface area contributed by atoms with Gasteiger partial charge in [0.25, 0.3) is 0 Å². The highest BCUT2D eigenvalue weighted by molar-refractivity contribution is 4.53. The minimum atomic E-state index is -1.11. The molecule has 0 aliphatic rings. The minimum Gasteiger partial charge on any atom is -0.368 e. The molecule has 11 heavy (non-hydrogen) atoms. The molecule has 1 atom stereocenters. The quantitative estimate of drug-likeness (QED) is 0.583. The van der Waals surface area contributed by atoms with Crippen LogP contribution in [0.15, 0.2) is 0 Å². The third-order valence-corrected chi connectivity index (χ3v) is 1.97. The van der Waals surface area contributed by atoms with Gasteiger partial charge in [0.05, 0.1) is 0 Å². The molecule has 68 valence electrons. The van der Waals surface area contributed by atoms with Crippen LogP contribution >= 0.6 is 0 Å².